The number of esters is 1. The number of aldehydes is 1. The summed E-state index contributed by atoms with van der Waals surface area (Å²) in [6.45, 7) is 1.86. The first kappa shape index (κ1) is 24.6. The number of nitrogens with two attached hydrogens (primary N) is 1. The molecular formula is C25H30N2O6. The molecular weight excluding hydrogens is 424 g/mol. The maximum atomic E-state index is 11.4. The molecule has 0 saturated carbocycles. The fourth-order valence-corrected chi connectivity index (χ4v) is 4.50. The van der Waals surface area contributed by atoms with Crippen LogP contribution in [0.4, 0.5) is 0 Å². The van der Waals surface area contributed by atoms with E-state index in [0.717, 1.165) is 18.3 Å². The third-order valence-corrected chi connectivity index (χ3v) is 6.00. The molecule has 3 aliphatic rings. The van der Waals surface area contributed by atoms with Crippen molar-refractivity contribution in [1.29, 1.82) is 0 Å². The first-order valence-electron chi connectivity index (χ1n) is 10.8. The van der Waals surface area contributed by atoms with Gasteiger partial charge in [0.1, 0.15) is 12.3 Å². The van der Waals surface area contributed by atoms with Crippen LogP contribution in [0.2, 0.25) is 0 Å². The van der Waals surface area contributed by atoms with Crippen LogP contribution in [0, 0.1) is 0 Å². The first-order chi connectivity index (χ1) is 16.0. The van der Waals surface area contributed by atoms with Gasteiger partial charge in [-0.15, -0.1) is 0 Å². The zero-order valence-corrected chi connectivity index (χ0v) is 19.0. The van der Waals surface area contributed by atoms with Crippen LogP contribution in [0.3, 0.4) is 0 Å². The number of carbonyl (C=O) groups is 3. The largest absolute Gasteiger partial charge is 0.468 e. The lowest BCUT2D eigenvalue weighted by atomic mass is 10.0. The minimum atomic E-state index is -0.562. The Morgan fingerprint density at radius 1 is 1.15 bits per heavy atom. The number of primary amides is 1. The van der Waals surface area contributed by atoms with E-state index in [9.17, 15) is 9.59 Å². The molecule has 0 bridgehead atoms. The summed E-state index contributed by atoms with van der Waals surface area (Å²) in [6.07, 6.45) is 3.31. The Bertz CT molecular complexity index is 987. The number of hydrogen-bond donors (Lipinski definition) is 1. The Hall–Kier alpha value is -3.07. The number of rotatable bonds is 3. The number of hydrogen-bond acceptors (Lipinski definition) is 7. The van der Waals surface area contributed by atoms with Gasteiger partial charge < -0.3 is 24.7 Å². The Balaban J connectivity index is 0.000000168. The van der Waals surface area contributed by atoms with E-state index in [1.807, 2.05) is 11.9 Å². The van der Waals surface area contributed by atoms with Gasteiger partial charge >= 0.3 is 5.97 Å². The summed E-state index contributed by atoms with van der Waals surface area (Å²) in [4.78, 5) is 32.4. The molecule has 2 heterocycles. The molecule has 2 saturated heterocycles. The molecule has 2 aliphatic heterocycles. The van der Waals surface area contributed by atoms with Crippen LogP contribution in [-0.2, 0) is 41.4 Å². The lowest BCUT2D eigenvalue weighted by Gasteiger charge is -2.20. The van der Waals surface area contributed by atoms with Crippen LogP contribution < -0.4 is 5.73 Å². The van der Waals surface area contributed by atoms with Crippen LogP contribution in [0.25, 0.3) is 11.1 Å². The van der Waals surface area contributed by atoms with E-state index in [2.05, 4.69) is 48.2 Å². The van der Waals surface area contributed by atoms with Crippen molar-refractivity contribution in [2.24, 2.45) is 5.73 Å². The molecule has 8 nitrogen and oxygen atoms in total. The van der Waals surface area contributed by atoms with E-state index in [-0.39, 0.29) is 18.4 Å². The van der Waals surface area contributed by atoms with Crippen LogP contribution in [0.1, 0.15) is 23.1 Å². The van der Waals surface area contributed by atoms with Crippen molar-refractivity contribution in [3.63, 3.8) is 0 Å². The molecule has 2 aromatic carbocycles. The van der Waals surface area contributed by atoms with Gasteiger partial charge in [0.15, 0.2) is 5.79 Å². The number of likely N-dealkylation sites (tertiary alicyclic amines) is 1. The van der Waals surface area contributed by atoms with Crippen LogP contribution in [0.5, 0.6) is 0 Å². The Morgan fingerprint density at radius 2 is 1.82 bits per heavy atom. The highest BCUT2D eigenvalue weighted by Gasteiger charge is 2.49. The van der Waals surface area contributed by atoms with Crippen molar-refractivity contribution in [2.75, 3.05) is 33.9 Å². The van der Waals surface area contributed by atoms with E-state index in [4.69, 9.17) is 19.0 Å². The number of ether oxygens (including phenoxy) is 3. The molecule has 8 heteroatoms. The molecule has 0 radical (unpaired) electrons. The molecule has 33 heavy (non-hydrogen) atoms. The molecule has 2 fully saturated rings. The van der Waals surface area contributed by atoms with Crippen LogP contribution in [0.15, 0.2) is 42.5 Å². The number of nitrogens with zero attached hydrogens (tertiary/aromatic N) is 1. The number of amides is 1. The number of likely N-dealkylation sites (N-methyl/N-ethyl adjacent to an activating group) is 1. The highest BCUT2D eigenvalue weighted by molar-refractivity contribution is 5.78. The average molecular weight is 455 g/mol. The topological polar surface area (TPSA) is 108 Å². The van der Waals surface area contributed by atoms with E-state index in [0.29, 0.717) is 32.6 Å². The lowest BCUT2D eigenvalue weighted by molar-refractivity contribution is -0.152. The van der Waals surface area contributed by atoms with E-state index in [1.165, 1.54) is 29.4 Å². The molecule has 1 amide bonds. The van der Waals surface area contributed by atoms with Crippen molar-refractivity contribution in [3.8, 4) is 11.1 Å². The summed E-state index contributed by atoms with van der Waals surface area (Å²) in [6, 6.07) is 14.6. The van der Waals surface area contributed by atoms with Crippen molar-refractivity contribution < 1.29 is 28.6 Å². The van der Waals surface area contributed by atoms with Crippen LogP contribution in [-0.4, -0.2) is 69.3 Å². The predicted octanol–water partition coefficient (Wildman–Crippen LogP) is 1.71. The smallest absolute Gasteiger partial charge is 0.323 e. The summed E-state index contributed by atoms with van der Waals surface area (Å²) < 4.78 is 15.8. The molecule has 2 N–H and O–H groups in total. The third kappa shape index (κ3) is 5.65. The van der Waals surface area contributed by atoms with Gasteiger partial charge in [0.25, 0.3) is 0 Å². The quantitative estimate of drug-likeness (QED) is 0.474. The highest BCUT2D eigenvalue weighted by Crippen LogP contribution is 2.37. The normalized spacial score (nSPS) is 19.4. The fraction of sp³-hybridized carbons (Fsp3) is 0.400. The summed E-state index contributed by atoms with van der Waals surface area (Å²) in [5.41, 5.74) is 10.7. The molecule has 2 aromatic rings. The maximum absolute atomic E-state index is 11.4. The van der Waals surface area contributed by atoms with Crippen molar-refractivity contribution in [3.05, 3.63) is 59.2 Å². The van der Waals surface area contributed by atoms with Gasteiger partial charge in [-0.1, -0.05) is 42.5 Å². The summed E-state index contributed by atoms with van der Waals surface area (Å²) in [7, 11) is 3.28. The second kappa shape index (κ2) is 11.2. The van der Waals surface area contributed by atoms with Crippen molar-refractivity contribution in [2.45, 2.75) is 31.1 Å². The standard InChI is InChI=1S/C15H12O.C9H15NO4.CH3NO/c16-8-7-11-5-6-13-10-12-3-1-2-4-14(12)15(13)9-11;1-10-6-9(13-3-4-14-9)5-7(10)8(11)12-2;2-1-3/h1-6,8-9H,7,10H2;7H,3-6H2,1-2H3;1H,(H2,2,3). The fourth-order valence-electron chi connectivity index (χ4n) is 4.50. The Kier molecular flexibility index (Phi) is 8.32. The second-order valence-electron chi connectivity index (χ2n) is 8.10. The molecule has 176 valence electrons. The maximum Gasteiger partial charge on any atom is 0.323 e. The van der Waals surface area contributed by atoms with Crippen LogP contribution >= 0.6 is 0 Å². The van der Waals surface area contributed by atoms with Gasteiger partial charge in [0, 0.05) is 12.8 Å². The zero-order chi connectivity index (χ0) is 23.8. The zero-order valence-electron chi connectivity index (χ0n) is 19.0. The summed E-state index contributed by atoms with van der Waals surface area (Å²) in [5, 5.41) is 0. The SMILES string of the molecule is COC(=O)C1CC2(CN1C)OCCO2.NC=O.O=CCc1ccc2c(c1)-c1ccccc1C2. The van der Waals surface area contributed by atoms with E-state index in [1.54, 1.807) is 0 Å². The van der Waals surface area contributed by atoms with Gasteiger partial charge in [0.2, 0.25) is 6.41 Å². The minimum absolute atomic E-state index is 0.219. The molecule has 0 aromatic heterocycles. The van der Waals surface area contributed by atoms with Crippen molar-refractivity contribution >= 4 is 18.7 Å². The van der Waals surface area contributed by atoms with Gasteiger partial charge in [-0.2, -0.15) is 0 Å². The van der Waals surface area contributed by atoms with Gasteiger partial charge in [0.05, 0.1) is 26.9 Å². The molecule has 1 aliphatic carbocycles. The highest BCUT2D eigenvalue weighted by atomic mass is 16.7. The first-order valence-corrected chi connectivity index (χ1v) is 10.8. The second-order valence-corrected chi connectivity index (χ2v) is 8.10. The third-order valence-electron chi connectivity index (χ3n) is 6.00. The monoisotopic (exact) mass is 454 g/mol. The van der Waals surface area contributed by atoms with Gasteiger partial charge in [-0.3, -0.25) is 14.5 Å². The lowest BCUT2D eigenvalue weighted by Crippen LogP contribution is -2.34. The molecule has 1 atom stereocenters. The minimum Gasteiger partial charge on any atom is -0.468 e. The molecule has 1 spiro atoms. The summed E-state index contributed by atoms with van der Waals surface area (Å²) >= 11 is 0. The Morgan fingerprint density at radius 3 is 2.48 bits per heavy atom. The van der Waals surface area contributed by atoms with Gasteiger partial charge in [-0.25, -0.2) is 0 Å². The Labute approximate surface area is 193 Å². The molecule has 1 unspecified atom stereocenters. The number of benzene rings is 2. The number of carbonyl (C=O) groups excluding carboxylic acids is 3. The van der Waals surface area contributed by atoms with Gasteiger partial charge in [-0.05, 0) is 41.3 Å². The summed E-state index contributed by atoms with van der Waals surface area (Å²) in [5.74, 6) is -0.781. The van der Waals surface area contributed by atoms with E-state index >= 15 is 0 Å². The predicted molar refractivity (Wildman–Crippen MR) is 122 cm³/mol. The van der Waals surface area contributed by atoms with E-state index < -0.39 is 5.79 Å². The average Bonchev–Trinajstić information content (AvgIpc) is 3.51. The number of fused-ring (bicyclic) bond motifs is 3. The van der Waals surface area contributed by atoms with Crippen molar-refractivity contribution in [1.82, 2.24) is 4.90 Å². The number of methoxy groups -OCH3 is 1. The molecule has 5 rings (SSSR count).